The Morgan fingerprint density at radius 2 is 1.82 bits per heavy atom. The van der Waals surface area contributed by atoms with Gasteiger partial charge in [-0.1, -0.05) is 0 Å². The molecule has 0 aromatic carbocycles. The summed E-state index contributed by atoms with van der Waals surface area (Å²) in [7, 11) is 2.12. The minimum absolute atomic E-state index is 0.213. The molecule has 2 heteroatoms. The van der Waals surface area contributed by atoms with Crippen LogP contribution in [0, 0.1) is 0 Å². The van der Waals surface area contributed by atoms with Crippen molar-refractivity contribution < 1.29 is 0 Å². The molecule has 0 atom stereocenters. The fourth-order valence-electron chi connectivity index (χ4n) is 1.52. The zero-order chi connectivity index (χ0) is 8.16. The topological polar surface area (TPSA) is 12.4 Å². The van der Waals surface area contributed by atoms with Gasteiger partial charge in [0.05, 0.1) is 0 Å². The first-order valence-corrected chi connectivity index (χ1v) is 4.74. The molecule has 1 heterocycles. The standard InChI is InChI=1S/C9H18BN/c1-9(2)7-5-3-4-6-8-10-11-9/h3-8H2,1-2H3. The van der Waals surface area contributed by atoms with Crippen LogP contribution in [0.25, 0.3) is 0 Å². The van der Waals surface area contributed by atoms with E-state index in [-0.39, 0.29) is 5.54 Å². The molecule has 0 amide bonds. The van der Waals surface area contributed by atoms with Crippen LogP contribution in [0.2, 0.25) is 6.32 Å². The van der Waals surface area contributed by atoms with Crippen molar-refractivity contribution in [1.82, 2.24) is 0 Å². The molecule has 0 aromatic rings. The molecule has 1 aliphatic rings. The molecule has 1 aliphatic heterocycles. The van der Waals surface area contributed by atoms with Crippen molar-refractivity contribution in [2.24, 2.45) is 4.90 Å². The fourth-order valence-corrected chi connectivity index (χ4v) is 1.52. The first-order valence-electron chi connectivity index (χ1n) is 4.74. The van der Waals surface area contributed by atoms with Crippen molar-refractivity contribution >= 4 is 7.07 Å². The van der Waals surface area contributed by atoms with E-state index in [0.717, 1.165) is 0 Å². The molecule has 0 unspecified atom stereocenters. The molecule has 1 rings (SSSR count). The SMILES string of the molecule is CC1(C)CCCCCCB=N1. The van der Waals surface area contributed by atoms with Gasteiger partial charge in [0.15, 0.2) is 0 Å². The van der Waals surface area contributed by atoms with E-state index in [4.69, 9.17) is 0 Å². The summed E-state index contributed by atoms with van der Waals surface area (Å²) < 4.78 is 0. The van der Waals surface area contributed by atoms with E-state index < -0.39 is 0 Å². The first-order chi connectivity index (χ1) is 5.21. The van der Waals surface area contributed by atoms with Gasteiger partial charge in [-0.05, 0) is 0 Å². The van der Waals surface area contributed by atoms with Crippen LogP contribution < -0.4 is 0 Å². The van der Waals surface area contributed by atoms with Crippen LogP contribution in [0.4, 0.5) is 0 Å². The third-order valence-corrected chi connectivity index (χ3v) is 2.31. The van der Waals surface area contributed by atoms with Crippen LogP contribution in [-0.4, -0.2) is 12.6 Å². The van der Waals surface area contributed by atoms with Gasteiger partial charge in [-0.15, -0.1) is 0 Å². The Labute approximate surface area is 70.5 Å². The third kappa shape index (κ3) is 3.69. The summed E-state index contributed by atoms with van der Waals surface area (Å²) in [6.45, 7) is 4.46. The molecule has 0 fully saturated rings. The van der Waals surface area contributed by atoms with Crippen LogP contribution in [0.5, 0.6) is 0 Å². The minimum atomic E-state index is 0.213. The van der Waals surface area contributed by atoms with Crippen LogP contribution in [0.1, 0.15) is 46.0 Å². The van der Waals surface area contributed by atoms with Gasteiger partial charge in [0.2, 0.25) is 0 Å². The maximum atomic E-state index is 4.55. The molecular formula is C9H18BN. The summed E-state index contributed by atoms with van der Waals surface area (Å²) in [5.41, 5.74) is 0.213. The summed E-state index contributed by atoms with van der Waals surface area (Å²) in [4.78, 5) is 4.55. The summed E-state index contributed by atoms with van der Waals surface area (Å²) >= 11 is 0. The van der Waals surface area contributed by atoms with Crippen molar-refractivity contribution in [2.75, 3.05) is 0 Å². The Bertz CT molecular complexity index is 140. The Kier molecular flexibility index (Phi) is 3.28. The summed E-state index contributed by atoms with van der Waals surface area (Å²) in [5.74, 6) is 0. The molecule has 0 spiro atoms. The number of nitrogens with zero attached hydrogens (tertiary/aromatic N) is 1. The van der Waals surface area contributed by atoms with Gasteiger partial charge in [-0.3, -0.25) is 0 Å². The molecule has 62 valence electrons. The van der Waals surface area contributed by atoms with E-state index in [1.54, 1.807) is 0 Å². The summed E-state index contributed by atoms with van der Waals surface area (Å²) in [5, 5.41) is 0. The third-order valence-electron chi connectivity index (χ3n) is 2.31. The van der Waals surface area contributed by atoms with Gasteiger partial charge in [0, 0.05) is 0 Å². The van der Waals surface area contributed by atoms with Crippen LogP contribution in [0.15, 0.2) is 4.90 Å². The van der Waals surface area contributed by atoms with Gasteiger partial charge in [0.1, 0.15) is 0 Å². The molecule has 0 N–H and O–H groups in total. The Morgan fingerprint density at radius 3 is 2.64 bits per heavy atom. The molecule has 0 radical (unpaired) electrons. The molecule has 0 bridgehead atoms. The number of hydrogen-bond donors (Lipinski definition) is 0. The molecule has 0 saturated carbocycles. The fraction of sp³-hybridized carbons (Fsp3) is 1.00. The average molecular weight is 151 g/mol. The summed E-state index contributed by atoms with van der Waals surface area (Å²) in [6.07, 6.45) is 7.91. The molecule has 0 aromatic heterocycles. The molecule has 11 heavy (non-hydrogen) atoms. The van der Waals surface area contributed by atoms with Crippen LogP contribution in [0.3, 0.4) is 0 Å². The predicted molar refractivity (Wildman–Crippen MR) is 50.2 cm³/mol. The molecule has 0 saturated heterocycles. The van der Waals surface area contributed by atoms with E-state index in [9.17, 15) is 0 Å². The van der Waals surface area contributed by atoms with Gasteiger partial charge in [-0.25, -0.2) is 0 Å². The second-order valence-electron chi connectivity index (χ2n) is 4.08. The van der Waals surface area contributed by atoms with Crippen molar-refractivity contribution in [2.45, 2.75) is 57.8 Å². The monoisotopic (exact) mass is 151 g/mol. The number of rotatable bonds is 0. The summed E-state index contributed by atoms with van der Waals surface area (Å²) in [6, 6.07) is 0. The van der Waals surface area contributed by atoms with Crippen LogP contribution in [-0.2, 0) is 0 Å². The van der Waals surface area contributed by atoms with Crippen LogP contribution >= 0.6 is 0 Å². The molecule has 1 nitrogen and oxygen atoms in total. The van der Waals surface area contributed by atoms with Gasteiger partial charge in [0.25, 0.3) is 0 Å². The van der Waals surface area contributed by atoms with Crippen molar-refractivity contribution in [3.8, 4) is 0 Å². The van der Waals surface area contributed by atoms with Gasteiger partial charge < -0.3 is 0 Å². The Balaban J connectivity index is 2.45. The second kappa shape index (κ2) is 4.03. The normalized spacial score (nSPS) is 24.5. The quantitative estimate of drug-likeness (QED) is 0.472. The second-order valence-corrected chi connectivity index (χ2v) is 4.08. The van der Waals surface area contributed by atoms with Crippen molar-refractivity contribution in [1.29, 1.82) is 0 Å². The average Bonchev–Trinajstić information content (AvgIpc) is 2.00. The predicted octanol–water partition coefficient (Wildman–Crippen LogP) is 3.04. The molecule has 0 aliphatic carbocycles. The van der Waals surface area contributed by atoms with E-state index >= 15 is 0 Å². The van der Waals surface area contributed by atoms with Crippen molar-refractivity contribution in [3.63, 3.8) is 0 Å². The molecular weight excluding hydrogens is 133 g/mol. The van der Waals surface area contributed by atoms with E-state index in [0.29, 0.717) is 0 Å². The van der Waals surface area contributed by atoms with Gasteiger partial charge >= 0.3 is 69.8 Å². The van der Waals surface area contributed by atoms with E-state index in [1.165, 1.54) is 38.4 Å². The number of hydrogen-bond acceptors (Lipinski definition) is 1. The van der Waals surface area contributed by atoms with E-state index in [1.807, 2.05) is 0 Å². The van der Waals surface area contributed by atoms with Gasteiger partial charge in [-0.2, -0.15) is 0 Å². The van der Waals surface area contributed by atoms with Crippen molar-refractivity contribution in [3.05, 3.63) is 0 Å². The van der Waals surface area contributed by atoms with E-state index in [2.05, 4.69) is 25.8 Å². The Morgan fingerprint density at radius 1 is 1.09 bits per heavy atom. The Hall–Kier alpha value is -0.135. The zero-order valence-corrected chi connectivity index (χ0v) is 7.77. The first kappa shape index (κ1) is 8.96. The maximum absolute atomic E-state index is 4.55. The zero-order valence-electron chi connectivity index (χ0n) is 7.77.